The maximum Gasteiger partial charge on any atom is 0.343 e. The lowest BCUT2D eigenvalue weighted by molar-refractivity contribution is 0.0690. The van der Waals surface area contributed by atoms with Crippen molar-refractivity contribution in [1.82, 2.24) is 0 Å². The van der Waals surface area contributed by atoms with Gasteiger partial charge in [0.15, 0.2) is 5.75 Å². The third-order valence-corrected chi connectivity index (χ3v) is 1.49. The number of hydrogen-bond donors (Lipinski definition) is 3. The summed E-state index contributed by atoms with van der Waals surface area (Å²) in [6.45, 7) is 0. The molecule has 0 atom stereocenters. The van der Waals surface area contributed by atoms with Gasteiger partial charge in [-0.3, -0.25) is 0 Å². The van der Waals surface area contributed by atoms with Crippen molar-refractivity contribution < 1.29 is 20.1 Å². The summed E-state index contributed by atoms with van der Waals surface area (Å²) in [4.78, 5) is 10.5. The van der Waals surface area contributed by atoms with Gasteiger partial charge in [0.05, 0.1) is 5.56 Å². The van der Waals surface area contributed by atoms with Gasteiger partial charge in [0, 0.05) is 0 Å². The Morgan fingerprint density at radius 3 is 2.46 bits per heavy atom. The van der Waals surface area contributed by atoms with Crippen LogP contribution < -0.4 is 0 Å². The summed E-state index contributed by atoms with van der Waals surface area (Å²) in [5, 5.41) is 35.2. The Balaban J connectivity index is 3.50. The number of aromatic hydroxyl groups is 2. The minimum Gasteiger partial charge on any atom is -0.507 e. The average molecular weight is 179 g/mol. The van der Waals surface area contributed by atoms with E-state index in [0.717, 1.165) is 12.1 Å². The molecule has 1 rings (SSSR count). The fourth-order valence-corrected chi connectivity index (χ4v) is 0.882. The molecule has 0 aliphatic rings. The second-order valence-corrected chi connectivity index (χ2v) is 2.27. The smallest absolute Gasteiger partial charge is 0.343 e. The number of rotatable bonds is 1. The molecular formula is C8H5NO4. The molecule has 0 saturated heterocycles. The Bertz CT molecular complexity index is 405. The van der Waals surface area contributed by atoms with Gasteiger partial charge in [0.2, 0.25) is 0 Å². The highest BCUT2D eigenvalue weighted by Crippen LogP contribution is 2.29. The molecule has 66 valence electrons. The van der Waals surface area contributed by atoms with Crippen LogP contribution in [-0.2, 0) is 0 Å². The molecule has 1 aromatic carbocycles. The summed E-state index contributed by atoms with van der Waals surface area (Å²) < 4.78 is 0. The maximum absolute atomic E-state index is 10.5. The van der Waals surface area contributed by atoms with E-state index in [1.165, 1.54) is 0 Å². The van der Waals surface area contributed by atoms with Gasteiger partial charge in [0.1, 0.15) is 17.4 Å². The van der Waals surface area contributed by atoms with Crippen molar-refractivity contribution in [2.75, 3.05) is 0 Å². The third-order valence-electron chi connectivity index (χ3n) is 1.49. The van der Waals surface area contributed by atoms with E-state index < -0.39 is 23.0 Å². The Morgan fingerprint density at radius 2 is 2.00 bits per heavy atom. The van der Waals surface area contributed by atoms with Gasteiger partial charge in [0.25, 0.3) is 0 Å². The zero-order valence-electron chi connectivity index (χ0n) is 6.35. The minimum absolute atomic E-state index is 0.185. The standard InChI is InChI=1S/C8H5NO4/c9-3-4-1-2-5(10)6(7(4)11)8(12)13/h1-2,10-11H,(H,12,13). The lowest BCUT2D eigenvalue weighted by Crippen LogP contribution is -1.98. The van der Waals surface area contributed by atoms with Crippen LogP contribution >= 0.6 is 0 Å². The zero-order chi connectivity index (χ0) is 10.0. The molecule has 1 aromatic rings. The molecule has 13 heavy (non-hydrogen) atoms. The van der Waals surface area contributed by atoms with Crippen LogP contribution in [-0.4, -0.2) is 21.3 Å². The van der Waals surface area contributed by atoms with Crippen LogP contribution in [0.2, 0.25) is 0 Å². The van der Waals surface area contributed by atoms with Crippen LogP contribution in [0.3, 0.4) is 0 Å². The van der Waals surface area contributed by atoms with E-state index in [4.69, 9.17) is 15.5 Å². The van der Waals surface area contributed by atoms with E-state index in [9.17, 15) is 9.90 Å². The first-order valence-electron chi connectivity index (χ1n) is 3.26. The normalized spacial score (nSPS) is 9.15. The highest BCUT2D eigenvalue weighted by Gasteiger charge is 2.18. The number of carboxylic acids is 1. The summed E-state index contributed by atoms with van der Waals surface area (Å²) in [5.74, 6) is -2.76. The molecule has 0 radical (unpaired) electrons. The van der Waals surface area contributed by atoms with Crippen LogP contribution in [0.1, 0.15) is 15.9 Å². The first kappa shape index (κ1) is 8.87. The summed E-state index contributed by atoms with van der Waals surface area (Å²) >= 11 is 0. The van der Waals surface area contributed by atoms with E-state index in [0.29, 0.717) is 0 Å². The minimum atomic E-state index is -1.48. The van der Waals surface area contributed by atoms with Crippen molar-refractivity contribution in [2.45, 2.75) is 0 Å². The molecule has 0 bridgehead atoms. The average Bonchev–Trinajstić information content (AvgIpc) is 2.04. The summed E-state index contributed by atoms with van der Waals surface area (Å²) in [6, 6.07) is 3.77. The van der Waals surface area contributed by atoms with E-state index in [-0.39, 0.29) is 5.56 Å². The second-order valence-electron chi connectivity index (χ2n) is 2.27. The van der Waals surface area contributed by atoms with Crippen molar-refractivity contribution in [3.05, 3.63) is 23.3 Å². The maximum atomic E-state index is 10.5. The molecule has 3 N–H and O–H groups in total. The van der Waals surface area contributed by atoms with Crippen molar-refractivity contribution in [3.8, 4) is 17.6 Å². The molecule has 5 heteroatoms. The predicted octanol–water partition coefficient (Wildman–Crippen LogP) is 0.668. The Kier molecular flexibility index (Phi) is 2.07. The Hall–Kier alpha value is -2.22. The lowest BCUT2D eigenvalue weighted by atomic mass is 10.1. The second kappa shape index (κ2) is 3.03. The predicted molar refractivity (Wildman–Crippen MR) is 41.4 cm³/mol. The molecule has 0 spiro atoms. The van der Waals surface area contributed by atoms with Crippen LogP contribution in [0.15, 0.2) is 12.1 Å². The van der Waals surface area contributed by atoms with Gasteiger partial charge in [-0.15, -0.1) is 0 Å². The van der Waals surface area contributed by atoms with Gasteiger partial charge < -0.3 is 15.3 Å². The monoisotopic (exact) mass is 179 g/mol. The number of carbonyl (C=O) groups is 1. The Morgan fingerprint density at radius 1 is 1.38 bits per heavy atom. The number of phenols is 2. The number of aromatic carboxylic acids is 1. The summed E-state index contributed by atoms with van der Waals surface area (Å²) in [6.07, 6.45) is 0. The summed E-state index contributed by atoms with van der Waals surface area (Å²) in [5.41, 5.74) is -0.839. The van der Waals surface area contributed by atoms with Crippen LogP contribution in [0.4, 0.5) is 0 Å². The number of carboxylic acid groups (broad SMARTS) is 1. The number of nitriles is 1. The molecule has 0 heterocycles. The van der Waals surface area contributed by atoms with Crippen LogP contribution in [0, 0.1) is 11.3 Å². The first-order chi connectivity index (χ1) is 6.07. The van der Waals surface area contributed by atoms with E-state index in [1.807, 2.05) is 0 Å². The van der Waals surface area contributed by atoms with E-state index in [2.05, 4.69) is 0 Å². The van der Waals surface area contributed by atoms with Crippen LogP contribution in [0.5, 0.6) is 11.5 Å². The largest absolute Gasteiger partial charge is 0.507 e. The third kappa shape index (κ3) is 1.37. The van der Waals surface area contributed by atoms with Crippen molar-refractivity contribution in [3.63, 3.8) is 0 Å². The molecular weight excluding hydrogens is 174 g/mol. The summed E-state index contributed by atoms with van der Waals surface area (Å²) in [7, 11) is 0. The SMILES string of the molecule is N#Cc1ccc(O)c(C(=O)O)c1O. The quantitative estimate of drug-likeness (QED) is 0.588. The molecule has 5 nitrogen and oxygen atoms in total. The van der Waals surface area contributed by atoms with Gasteiger partial charge >= 0.3 is 5.97 Å². The van der Waals surface area contributed by atoms with Crippen LogP contribution in [0.25, 0.3) is 0 Å². The van der Waals surface area contributed by atoms with Crippen molar-refractivity contribution >= 4 is 5.97 Å². The fraction of sp³-hybridized carbons (Fsp3) is 0. The zero-order valence-corrected chi connectivity index (χ0v) is 6.35. The molecule has 0 aliphatic heterocycles. The molecule has 0 saturated carbocycles. The highest BCUT2D eigenvalue weighted by molar-refractivity contribution is 5.94. The molecule has 0 aliphatic carbocycles. The molecule has 0 unspecified atom stereocenters. The van der Waals surface area contributed by atoms with E-state index >= 15 is 0 Å². The number of nitrogens with zero attached hydrogens (tertiary/aromatic N) is 1. The number of benzene rings is 1. The Labute approximate surface area is 73.1 Å². The van der Waals surface area contributed by atoms with Gasteiger partial charge in [-0.1, -0.05) is 0 Å². The van der Waals surface area contributed by atoms with E-state index in [1.54, 1.807) is 6.07 Å². The van der Waals surface area contributed by atoms with Crippen molar-refractivity contribution in [2.24, 2.45) is 0 Å². The topological polar surface area (TPSA) is 102 Å². The van der Waals surface area contributed by atoms with Gasteiger partial charge in [-0.25, -0.2) is 4.79 Å². The van der Waals surface area contributed by atoms with Gasteiger partial charge in [-0.05, 0) is 12.1 Å². The van der Waals surface area contributed by atoms with Gasteiger partial charge in [-0.2, -0.15) is 5.26 Å². The molecule has 0 amide bonds. The molecule has 0 aromatic heterocycles. The highest BCUT2D eigenvalue weighted by atomic mass is 16.4. The van der Waals surface area contributed by atoms with Crippen molar-refractivity contribution in [1.29, 1.82) is 5.26 Å². The first-order valence-corrected chi connectivity index (χ1v) is 3.26. The lowest BCUT2D eigenvalue weighted by Gasteiger charge is -2.02. The number of hydrogen-bond acceptors (Lipinski definition) is 4. The molecule has 0 fully saturated rings. The fourth-order valence-electron chi connectivity index (χ4n) is 0.882.